The number of carbonyl (C=O) groups excluding carboxylic acids is 2. The third-order valence-electron chi connectivity index (χ3n) is 4.73. The molecule has 3 rings (SSSR count). The molecule has 0 amide bonds. The molecule has 0 saturated heterocycles. The molecule has 0 aliphatic heterocycles. The van der Waals surface area contributed by atoms with E-state index in [4.69, 9.17) is 14.2 Å². The first kappa shape index (κ1) is 25.1. The maximum absolute atomic E-state index is 11.6. The summed E-state index contributed by atoms with van der Waals surface area (Å²) < 4.78 is 16.1. The highest BCUT2D eigenvalue weighted by Crippen LogP contribution is 2.27. The van der Waals surface area contributed by atoms with E-state index in [9.17, 15) is 9.59 Å². The fraction of sp³-hybridized carbons (Fsp3) is 0.133. The lowest BCUT2D eigenvalue weighted by molar-refractivity contribution is -0.138. The Hall–Kier alpha value is -4.56. The zero-order valence-electron chi connectivity index (χ0n) is 19.8. The predicted molar refractivity (Wildman–Crippen MR) is 136 cm³/mol. The molecule has 0 N–H and O–H groups in total. The van der Waals surface area contributed by atoms with Crippen LogP contribution in [0.25, 0.3) is 11.1 Å². The average molecular weight is 467 g/mol. The van der Waals surface area contributed by atoms with E-state index in [-0.39, 0.29) is 6.61 Å². The van der Waals surface area contributed by atoms with Crippen LogP contribution in [0.15, 0.2) is 97.1 Å². The topological polar surface area (TPSA) is 61.8 Å². The summed E-state index contributed by atoms with van der Waals surface area (Å²) in [5.41, 5.74) is 3.71. The maximum atomic E-state index is 11.6. The SMILES string of the molecule is C=C(C)C(=O)OCCC#Cc1ccc(-c2ccc(Oc3ccc(OC(=O)C(=C)C)cc3)cc2)cc1. The molecule has 0 atom stereocenters. The number of benzene rings is 3. The summed E-state index contributed by atoms with van der Waals surface area (Å²) in [5, 5.41) is 0. The molecule has 35 heavy (non-hydrogen) atoms. The van der Waals surface area contributed by atoms with Gasteiger partial charge in [0, 0.05) is 23.1 Å². The van der Waals surface area contributed by atoms with Crippen molar-refractivity contribution in [1.82, 2.24) is 0 Å². The highest BCUT2D eigenvalue weighted by molar-refractivity contribution is 5.88. The van der Waals surface area contributed by atoms with Crippen molar-refractivity contribution >= 4 is 11.9 Å². The van der Waals surface area contributed by atoms with Crippen LogP contribution in [0.5, 0.6) is 17.2 Å². The van der Waals surface area contributed by atoms with Crippen molar-refractivity contribution in [3.05, 3.63) is 103 Å². The molecular weight excluding hydrogens is 440 g/mol. The smallest absolute Gasteiger partial charge is 0.338 e. The first-order valence-corrected chi connectivity index (χ1v) is 11.0. The van der Waals surface area contributed by atoms with Crippen LogP contribution in [0.4, 0.5) is 0 Å². The normalized spacial score (nSPS) is 9.89. The van der Waals surface area contributed by atoms with E-state index < -0.39 is 11.9 Å². The first-order chi connectivity index (χ1) is 16.8. The van der Waals surface area contributed by atoms with Crippen LogP contribution in [0, 0.1) is 11.8 Å². The zero-order chi connectivity index (χ0) is 25.2. The quantitative estimate of drug-likeness (QED) is 0.125. The minimum atomic E-state index is -0.462. The molecule has 0 spiro atoms. The molecule has 0 aliphatic rings. The first-order valence-electron chi connectivity index (χ1n) is 11.0. The van der Waals surface area contributed by atoms with Crippen LogP contribution in [-0.4, -0.2) is 18.5 Å². The molecule has 3 aromatic rings. The summed E-state index contributed by atoms with van der Waals surface area (Å²) in [6, 6.07) is 22.5. The van der Waals surface area contributed by atoms with Gasteiger partial charge in [-0.1, -0.05) is 49.3 Å². The van der Waals surface area contributed by atoms with Crippen LogP contribution in [0.3, 0.4) is 0 Å². The van der Waals surface area contributed by atoms with Gasteiger partial charge in [-0.05, 0) is 73.5 Å². The van der Waals surface area contributed by atoms with Crippen LogP contribution < -0.4 is 9.47 Å². The van der Waals surface area contributed by atoms with E-state index in [0.29, 0.717) is 34.8 Å². The Morgan fingerprint density at radius 2 is 1.20 bits per heavy atom. The number of ether oxygens (including phenoxy) is 3. The largest absolute Gasteiger partial charge is 0.461 e. The number of esters is 2. The van der Waals surface area contributed by atoms with Gasteiger partial charge in [-0.2, -0.15) is 0 Å². The number of carbonyl (C=O) groups is 2. The lowest BCUT2D eigenvalue weighted by Gasteiger charge is -2.08. The molecule has 0 heterocycles. The van der Waals surface area contributed by atoms with Gasteiger partial charge in [0.05, 0.1) is 0 Å². The monoisotopic (exact) mass is 466 g/mol. The summed E-state index contributed by atoms with van der Waals surface area (Å²) in [6.07, 6.45) is 0.463. The molecule has 0 unspecified atom stereocenters. The third kappa shape index (κ3) is 7.76. The second kappa shape index (κ2) is 12.1. The van der Waals surface area contributed by atoms with Gasteiger partial charge in [-0.25, -0.2) is 9.59 Å². The van der Waals surface area contributed by atoms with Crippen molar-refractivity contribution in [3.8, 4) is 40.2 Å². The predicted octanol–water partition coefficient (Wildman–Crippen LogP) is 6.49. The Labute approximate surface area is 205 Å². The molecule has 0 radical (unpaired) electrons. The second-order valence-corrected chi connectivity index (χ2v) is 7.81. The molecule has 5 heteroatoms. The molecule has 5 nitrogen and oxygen atoms in total. The van der Waals surface area contributed by atoms with Crippen molar-refractivity contribution in [3.63, 3.8) is 0 Å². The fourth-order valence-electron chi connectivity index (χ4n) is 2.85. The van der Waals surface area contributed by atoms with E-state index in [2.05, 4.69) is 25.0 Å². The molecule has 0 bridgehead atoms. The van der Waals surface area contributed by atoms with Gasteiger partial charge < -0.3 is 14.2 Å². The van der Waals surface area contributed by atoms with Gasteiger partial charge in [0.2, 0.25) is 0 Å². The summed E-state index contributed by atoms with van der Waals surface area (Å²) in [4.78, 5) is 22.9. The number of hydrogen-bond donors (Lipinski definition) is 0. The van der Waals surface area contributed by atoms with E-state index in [1.807, 2.05) is 48.5 Å². The molecule has 0 aliphatic carbocycles. The minimum Gasteiger partial charge on any atom is -0.461 e. The standard InChI is InChI=1S/C30H26O5/c1-21(2)29(31)33-20-6-5-7-23-8-10-24(11-9-23)25-12-14-26(15-13-25)34-27-16-18-28(19-17-27)35-30(32)22(3)4/h8-19H,1,3,6,20H2,2,4H3. The van der Waals surface area contributed by atoms with Gasteiger partial charge in [0.25, 0.3) is 0 Å². The Balaban J connectivity index is 1.54. The Kier molecular flexibility index (Phi) is 8.64. The van der Waals surface area contributed by atoms with Gasteiger partial charge in [-0.3, -0.25) is 0 Å². The Bertz CT molecular complexity index is 1270. The second-order valence-electron chi connectivity index (χ2n) is 7.81. The van der Waals surface area contributed by atoms with Crippen molar-refractivity contribution < 1.29 is 23.8 Å². The number of rotatable bonds is 8. The van der Waals surface area contributed by atoms with Gasteiger partial charge in [-0.15, -0.1) is 0 Å². The van der Waals surface area contributed by atoms with Crippen molar-refractivity contribution in [1.29, 1.82) is 0 Å². The maximum Gasteiger partial charge on any atom is 0.338 e. The van der Waals surface area contributed by atoms with Crippen LogP contribution in [0.1, 0.15) is 25.8 Å². The zero-order valence-corrected chi connectivity index (χ0v) is 19.8. The Morgan fingerprint density at radius 1 is 0.714 bits per heavy atom. The average Bonchev–Trinajstić information content (AvgIpc) is 2.85. The minimum absolute atomic E-state index is 0.248. The van der Waals surface area contributed by atoms with Crippen LogP contribution in [-0.2, 0) is 14.3 Å². The lowest BCUT2D eigenvalue weighted by atomic mass is 10.0. The van der Waals surface area contributed by atoms with Crippen molar-refractivity contribution in [2.45, 2.75) is 20.3 Å². The van der Waals surface area contributed by atoms with Gasteiger partial charge in [0.1, 0.15) is 23.9 Å². The molecule has 0 aromatic heterocycles. The van der Waals surface area contributed by atoms with E-state index >= 15 is 0 Å². The summed E-state index contributed by atoms with van der Waals surface area (Å²) >= 11 is 0. The highest BCUT2D eigenvalue weighted by atomic mass is 16.5. The molecule has 0 fully saturated rings. The van der Waals surface area contributed by atoms with E-state index in [1.54, 1.807) is 38.1 Å². The third-order valence-corrected chi connectivity index (χ3v) is 4.73. The van der Waals surface area contributed by atoms with Crippen molar-refractivity contribution in [2.24, 2.45) is 0 Å². The molecule has 0 saturated carbocycles. The fourth-order valence-corrected chi connectivity index (χ4v) is 2.85. The van der Waals surface area contributed by atoms with Crippen LogP contribution >= 0.6 is 0 Å². The lowest BCUT2D eigenvalue weighted by Crippen LogP contribution is -2.07. The number of hydrogen-bond acceptors (Lipinski definition) is 5. The molecular formula is C30H26O5. The van der Waals surface area contributed by atoms with Gasteiger partial charge >= 0.3 is 11.9 Å². The molecule has 3 aromatic carbocycles. The van der Waals surface area contributed by atoms with E-state index in [1.165, 1.54) is 0 Å². The summed E-state index contributed by atoms with van der Waals surface area (Å²) in [5.74, 6) is 6.96. The summed E-state index contributed by atoms with van der Waals surface area (Å²) in [7, 11) is 0. The van der Waals surface area contributed by atoms with Crippen molar-refractivity contribution in [2.75, 3.05) is 6.61 Å². The Morgan fingerprint density at radius 3 is 1.74 bits per heavy atom. The van der Waals surface area contributed by atoms with E-state index in [0.717, 1.165) is 16.7 Å². The highest BCUT2D eigenvalue weighted by Gasteiger charge is 2.06. The molecule has 176 valence electrons. The van der Waals surface area contributed by atoms with Crippen LogP contribution in [0.2, 0.25) is 0 Å². The summed E-state index contributed by atoms with van der Waals surface area (Å²) in [6.45, 7) is 10.6. The van der Waals surface area contributed by atoms with Gasteiger partial charge in [0.15, 0.2) is 0 Å².